The minimum Gasteiger partial charge on any atom is -0.326 e. The standard InChI is InChI=1S/C28H32F2N8/c1-16(2)38-17(3)35-27-22(29)7-20(8-24(27)38)21-9-26(32-13-23(21)30)36-28-33-10-18(11-34-28)15-37-6-4-5-19-12-31-14-25(19)37/h7-11,13,16,19,25,31H,4-6,12,14-15H2,1-3H3,(H,32,33,34,36)/t19?,25-/m1/s1. The first-order valence-corrected chi connectivity index (χ1v) is 13.2. The lowest BCUT2D eigenvalue weighted by atomic mass is 9.92. The fraction of sp³-hybridized carbons (Fsp3) is 0.429. The van der Waals surface area contributed by atoms with E-state index in [9.17, 15) is 8.78 Å². The zero-order valence-electron chi connectivity index (χ0n) is 21.9. The van der Waals surface area contributed by atoms with E-state index in [1.807, 2.05) is 37.7 Å². The van der Waals surface area contributed by atoms with E-state index in [4.69, 9.17) is 0 Å². The van der Waals surface area contributed by atoms with Crippen molar-refractivity contribution in [2.75, 3.05) is 25.0 Å². The molecule has 6 rings (SSSR count). The number of rotatable bonds is 6. The smallest absolute Gasteiger partial charge is 0.228 e. The van der Waals surface area contributed by atoms with E-state index in [1.165, 1.54) is 18.9 Å². The van der Waals surface area contributed by atoms with Crippen LogP contribution in [-0.4, -0.2) is 55.1 Å². The third kappa shape index (κ3) is 4.63. The fourth-order valence-electron chi connectivity index (χ4n) is 6.01. The summed E-state index contributed by atoms with van der Waals surface area (Å²) in [6.07, 6.45) is 7.29. The minimum absolute atomic E-state index is 0.0838. The predicted octanol–water partition coefficient (Wildman–Crippen LogP) is 4.98. The van der Waals surface area contributed by atoms with E-state index < -0.39 is 11.6 Å². The van der Waals surface area contributed by atoms with Gasteiger partial charge in [-0.1, -0.05) is 0 Å². The minimum atomic E-state index is -0.542. The Kier molecular flexibility index (Phi) is 6.53. The van der Waals surface area contributed by atoms with Gasteiger partial charge in [-0.15, -0.1) is 0 Å². The Bertz CT molecular complexity index is 1470. The number of nitrogens with one attached hydrogen (secondary N) is 2. The van der Waals surface area contributed by atoms with Gasteiger partial charge in [-0.05, 0) is 76.4 Å². The summed E-state index contributed by atoms with van der Waals surface area (Å²) in [5.74, 6) is 1.15. The number of fused-ring (bicyclic) bond motifs is 2. The molecule has 2 atom stereocenters. The SMILES string of the molecule is Cc1nc2c(F)cc(-c3cc(Nc4ncc(CN5CCCC6CNC[C@H]65)cn4)ncc3F)cc2n1C(C)C. The van der Waals surface area contributed by atoms with Crippen LogP contribution >= 0.6 is 0 Å². The van der Waals surface area contributed by atoms with Gasteiger partial charge < -0.3 is 15.2 Å². The molecule has 198 valence electrons. The summed E-state index contributed by atoms with van der Waals surface area (Å²) in [7, 11) is 0. The van der Waals surface area contributed by atoms with E-state index in [0.717, 1.165) is 43.9 Å². The van der Waals surface area contributed by atoms with Crippen molar-refractivity contribution in [2.24, 2.45) is 5.92 Å². The first-order chi connectivity index (χ1) is 18.4. The molecule has 1 unspecified atom stereocenters. The number of hydrogen-bond donors (Lipinski definition) is 2. The zero-order chi connectivity index (χ0) is 26.4. The van der Waals surface area contributed by atoms with E-state index in [0.29, 0.717) is 34.7 Å². The van der Waals surface area contributed by atoms with Crippen molar-refractivity contribution in [1.82, 2.24) is 34.7 Å². The number of piperidine rings is 1. The second-order valence-corrected chi connectivity index (χ2v) is 10.6. The Balaban J connectivity index is 1.22. The van der Waals surface area contributed by atoms with Gasteiger partial charge in [-0.2, -0.15) is 0 Å². The number of hydrogen-bond acceptors (Lipinski definition) is 7. The number of nitrogens with zero attached hydrogens (tertiary/aromatic N) is 6. The van der Waals surface area contributed by atoms with Gasteiger partial charge in [-0.25, -0.2) is 28.7 Å². The molecule has 1 aromatic carbocycles. The van der Waals surface area contributed by atoms with E-state index in [1.54, 1.807) is 12.1 Å². The highest BCUT2D eigenvalue weighted by Crippen LogP contribution is 2.32. The molecule has 10 heteroatoms. The number of aryl methyl sites for hydroxylation is 1. The van der Waals surface area contributed by atoms with E-state index >= 15 is 0 Å². The molecule has 38 heavy (non-hydrogen) atoms. The predicted molar refractivity (Wildman–Crippen MR) is 143 cm³/mol. The molecular formula is C28H32F2N8. The molecular weight excluding hydrogens is 486 g/mol. The number of imidazole rings is 1. The second kappa shape index (κ2) is 9.99. The Hall–Kier alpha value is -3.50. The number of likely N-dealkylation sites (tertiary alicyclic amines) is 1. The lowest BCUT2D eigenvalue weighted by Gasteiger charge is -2.36. The van der Waals surface area contributed by atoms with Gasteiger partial charge in [-0.3, -0.25) is 4.90 Å². The van der Waals surface area contributed by atoms with Crippen molar-refractivity contribution in [3.05, 3.63) is 59.8 Å². The summed E-state index contributed by atoms with van der Waals surface area (Å²) >= 11 is 0. The molecule has 0 amide bonds. The van der Waals surface area contributed by atoms with Gasteiger partial charge in [0.15, 0.2) is 5.82 Å². The molecule has 2 aliphatic rings. The van der Waals surface area contributed by atoms with Gasteiger partial charge in [0, 0.05) is 48.7 Å². The largest absolute Gasteiger partial charge is 0.326 e. The van der Waals surface area contributed by atoms with Gasteiger partial charge in [0.05, 0.1) is 11.7 Å². The molecule has 2 fully saturated rings. The zero-order valence-corrected chi connectivity index (χ0v) is 21.9. The van der Waals surface area contributed by atoms with Crippen molar-refractivity contribution in [2.45, 2.75) is 52.2 Å². The summed E-state index contributed by atoms with van der Waals surface area (Å²) in [5.41, 5.74) is 2.61. The highest BCUT2D eigenvalue weighted by molar-refractivity contribution is 5.84. The molecule has 0 radical (unpaired) electrons. The van der Waals surface area contributed by atoms with Crippen molar-refractivity contribution in [3.63, 3.8) is 0 Å². The van der Waals surface area contributed by atoms with Gasteiger partial charge in [0.2, 0.25) is 5.95 Å². The van der Waals surface area contributed by atoms with Crippen LogP contribution in [-0.2, 0) is 6.54 Å². The van der Waals surface area contributed by atoms with Crippen LogP contribution in [0.4, 0.5) is 20.5 Å². The first-order valence-electron chi connectivity index (χ1n) is 13.2. The fourth-order valence-corrected chi connectivity index (χ4v) is 6.01. The van der Waals surface area contributed by atoms with Crippen LogP contribution in [0.15, 0.2) is 36.8 Å². The highest BCUT2D eigenvalue weighted by Gasteiger charge is 2.34. The summed E-state index contributed by atoms with van der Waals surface area (Å²) in [5, 5.41) is 6.58. The number of halogens is 2. The molecule has 4 aromatic rings. The van der Waals surface area contributed by atoms with Crippen LogP contribution < -0.4 is 10.6 Å². The normalized spacial score (nSPS) is 19.8. The Morgan fingerprint density at radius 3 is 2.66 bits per heavy atom. The maximum absolute atomic E-state index is 15.0. The molecule has 5 heterocycles. The van der Waals surface area contributed by atoms with Crippen molar-refractivity contribution in [1.29, 1.82) is 0 Å². The van der Waals surface area contributed by atoms with Crippen LogP contribution in [0.2, 0.25) is 0 Å². The second-order valence-electron chi connectivity index (χ2n) is 10.6. The first kappa shape index (κ1) is 24.8. The molecule has 0 saturated carbocycles. The third-order valence-corrected chi connectivity index (χ3v) is 7.73. The van der Waals surface area contributed by atoms with Crippen LogP contribution in [0.5, 0.6) is 0 Å². The molecule has 0 aliphatic carbocycles. The molecule has 0 bridgehead atoms. The Labute approximate surface area is 220 Å². The Morgan fingerprint density at radius 2 is 1.87 bits per heavy atom. The maximum atomic E-state index is 15.0. The Morgan fingerprint density at radius 1 is 1.05 bits per heavy atom. The van der Waals surface area contributed by atoms with Crippen LogP contribution in [0.1, 0.15) is 44.1 Å². The monoisotopic (exact) mass is 518 g/mol. The molecule has 0 spiro atoms. The summed E-state index contributed by atoms with van der Waals surface area (Å²) in [6.45, 7) is 9.92. The van der Waals surface area contributed by atoms with Crippen LogP contribution in [0, 0.1) is 24.5 Å². The van der Waals surface area contributed by atoms with Crippen molar-refractivity contribution < 1.29 is 8.78 Å². The molecule has 2 saturated heterocycles. The number of benzene rings is 1. The topological polar surface area (TPSA) is 83.8 Å². The van der Waals surface area contributed by atoms with Gasteiger partial charge >= 0.3 is 0 Å². The summed E-state index contributed by atoms with van der Waals surface area (Å²) < 4.78 is 31.8. The highest BCUT2D eigenvalue weighted by atomic mass is 19.1. The van der Waals surface area contributed by atoms with Gasteiger partial charge in [0.25, 0.3) is 0 Å². The number of aromatic nitrogens is 5. The molecule has 2 N–H and O–H groups in total. The van der Waals surface area contributed by atoms with Crippen LogP contribution in [0.3, 0.4) is 0 Å². The maximum Gasteiger partial charge on any atom is 0.228 e. The average molecular weight is 519 g/mol. The molecule has 2 aliphatic heterocycles. The quantitative estimate of drug-likeness (QED) is 0.372. The summed E-state index contributed by atoms with van der Waals surface area (Å²) in [4.78, 5) is 20.0. The van der Waals surface area contributed by atoms with E-state index in [-0.39, 0.29) is 17.1 Å². The molecule has 3 aromatic heterocycles. The lowest BCUT2D eigenvalue weighted by Crippen LogP contribution is -2.44. The average Bonchev–Trinajstić information content (AvgIpc) is 3.51. The van der Waals surface area contributed by atoms with Crippen LogP contribution in [0.25, 0.3) is 22.2 Å². The lowest BCUT2D eigenvalue weighted by molar-refractivity contribution is 0.117. The third-order valence-electron chi connectivity index (χ3n) is 7.73. The number of pyridine rings is 1. The van der Waals surface area contributed by atoms with E-state index in [2.05, 4.69) is 35.5 Å². The van der Waals surface area contributed by atoms with Gasteiger partial charge in [0.1, 0.15) is 23.0 Å². The van der Waals surface area contributed by atoms with Crippen molar-refractivity contribution in [3.8, 4) is 11.1 Å². The number of anilines is 2. The molecule has 8 nitrogen and oxygen atoms in total. The van der Waals surface area contributed by atoms with Crippen molar-refractivity contribution >= 4 is 22.8 Å². The summed E-state index contributed by atoms with van der Waals surface area (Å²) in [6, 6.07) is 5.31.